The van der Waals surface area contributed by atoms with E-state index in [-0.39, 0.29) is 54.4 Å². The third kappa shape index (κ3) is 9.32. The van der Waals surface area contributed by atoms with Crippen LogP contribution in [-0.4, -0.2) is 35.1 Å². The summed E-state index contributed by atoms with van der Waals surface area (Å²) in [7, 11) is 0. The number of nitrogens with one attached hydrogen (secondary N) is 1. The standard InChI is InChI=1S/C31H45NO5/c1-20(2)24(29(36)28(35)17-22-13-9-7-10-14-22)18-26(33)21(3)32-30(37)25(31(4,5)6)19-27(34)23-15-11-8-12-16-23/h8,11-12,15-16,20-22,24-25H,7,9-10,13-14,17-19H2,1-6H3,(H,32,37)/t21-,24+,25+/m0/s1. The van der Waals surface area contributed by atoms with Crippen LogP contribution in [0.2, 0.25) is 0 Å². The zero-order valence-electron chi connectivity index (χ0n) is 23.5. The number of ketones is 4. The van der Waals surface area contributed by atoms with Crippen LogP contribution in [0.15, 0.2) is 30.3 Å². The van der Waals surface area contributed by atoms with Crippen molar-refractivity contribution in [2.75, 3.05) is 0 Å². The monoisotopic (exact) mass is 511 g/mol. The Labute approximate surface area is 222 Å². The van der Waals surface area contributed by atoms with Crippen LogP contribution >= 0.6 is 0 Å². The molecule has 1 saturated carbocycles. The normalized spacial score (nSPS) is 17.1. The lowest BCUT2D eigenvalue weighted by atomic mass is 9.76. The maximum Gasteiger partial charge on any atom is 0.224 e. The van der Waals surface area contributed by atoms with Gasteiger partial charge in [-0.3, -0.25) is 24.0 Å². The second-order valence-corrected chi connectivity index (χ2v) is 12.2. The molecule has 0 saturated heterocycles. The molecular formula is C31H45NO5. The second kappa shape index (κ2) is 13.8. The summed E-state index contributed by atoms with van der Waals surface area (Å²) in [6.07, 6.45) is 5.56. The molecule has 6 nitrogen and oxygen atoms in total. The van der Waals surface area contributed by atoms with E-state index in [2.05, 4.69) is 5.32 Å². The highest BCUT2D eigenvalue weighted by molar-refractivity contribution is 6.38. The molecule has 1 N–H and O–H groups in total. The SMILES string of the molecule is CC(C)[C@@H](CC(=O)[C@H](C)NC(=O)[C@@H](CC(=O)c1ccccc1)C(C)(C)C)C(=O)C(=O)CC1CCCCC1. The molecule has 6 heteroatoms. The zero-order valence-corrected chi connectivity index (χ0v) is 23.5. The van der Waals surface area contributed by atoms with Gasteiger partial charge in [0, 0.05) is 30.7 Å². The van der Waals surface area contributed by atoms with Crippen LogP contribution in [0.25, 0.3) is 0 Å². The van der Waals surface area contributed by atoms with E-state index >= 15 is 0 Å². The molecule has 1 aliphatic rings. The van der Waals surface area contributed by atoms with Crippen LogP contribution in [0.3, 0.4) is 0 Å². The van der Waals surface area contributed by atoms with Gasteiger partial charge in [-0.2, -0.15) is 0 Å². The fourth-order valence-electron chi connectivity index (χ4n) is 5.10. The Hall–Kier alpha value is -2.63. The summed E-state index contributed by atoms with van der Waals surface area (Å²) in [5, 5.41) is 2.78. The molecule has 1 aliphatic carbocycles. The minimum Gasteiger partial charge on any atom is -0.346 e. The summed E-state index contributed by atoms with van der Waals surface area (Å²) < 4.78 is 0. The van der Waals surface area contributed by atoms with Crippen molar-refractivity contribution in [3.05, 3.63) is 35.9 Å². The number of hydrogen-bond acceptors (Lipinski definition) is 5. The van der Waals surface area contributed by atoms with Crippen molar-refractivity contribution in [1.82, 2.24) is 5.32 Å². The molecule has 204 valence electrons. The minimum absolute atomic E-state index is 0.0308. The van der Waals surface area contributed by atoms with Crippen LogP contribution in [0.4, 0.5) is 0 Å². The molecule has 0 radical (unpaired) electrons. The average Bonchev–Trinajstić information content (AvgIpc) is 2.85. The van der Waals surface area contributed by atoms with Crippen molar-refractivity contribution in [1.29, 1.82) is 0 Å². The van der Waals surface area contributed by atoms with Gasteiger partial charge in [0.1, 0.15) is 0 Å². The quantitative estimate of drug-likeness (QED) is 0.268. The van der Waals surface area contributed by atoms with E-state index in [0.29, 0.717) is 5.56 Å². The minimum atomic E-state index is -0.827. The molecule has 2 rings (SSSR count). The smallest absolute Gasteiger partial charge is 0.224 e. The van der Waals surface area contributed by atoms with E-state index in [9.17, 15) is 24.0 Å². The van der Waals surface area contributed by atoms with Gasteiger partial charge in [-0.25, -0.2) is 0 Å². The van der Waals surface area contributed by atoms with E-state index < -0.39 is 29.1 Å². The molecule has 0 spiro atoms. The van der Waals surface area contributed by atoms with E-state index in [0.717, 1.165) is 25.7 Å². The lowest BCUT2D eigenvalue weighted by Crippen LogP contribution is -2.46. The molecule has 1 amide bonds. The van der Waals surface area contributed by atoms with Gasteiger partial charge in [-0.1, -0.05) is 97.1 Å². The molecular weight excluding hydrogens is 466 g/mol. The Balaban J connectivity index is 2.02. The average molecular weight is 512 g/mol. The Morgan fingerprint density at radius 1 is 0.892 bits per heavy atom. The third-order valence-corrected chi connectivity index (χ3v) is 7.73. The molecule has 3 atom stereocenters. The van der Waals surface area contributed by atoms with Crippen molar-refractivity contribution in [3.63, 3.8) is 0 Å². The maximum atomic E-state index is 13.2. The van der Waals surface area contributed by atoms with Crippen LogP contribution in [0, 0.1) is 29.1 Å². The van der Waals surface area contributed by atoms with E-state index in [4.69, 9.17) is 0 Å². The summed E-state index contributed by atoms with van der Waals surface area (Å²) in [6, 6.07) is 8.03. The number of carbonyl (C=O) groups excluding carboxylic acids is 5. The third-order valence-electron chi connectivity index (χ3n) is 7.73. The summed E-state index contributed by atoms with van der Waals surface area (Å²) in [4.78, 5) is 64.9. The van der Waals surface area contributed by atoms with Gasteiger partial charge in [-0.15, -0.1) is 0 Å². The first kappa shape index (κ1) is 30.6. The molecule has 0 unspecified atom stereocenters. The number of rotatable bonds is 13. The van der Waals surface area contributed by atoms with E-state index in [1.54, 1.807) is 31.2 Å². The summed E-state index contributed by atoms with van der Waals surface area (Å²) in [6.45, 7) is 11.0. The lowest BCUT2D eigenvalue weighted by Gasteiger charge is -2.30. The Kier molecular flexibility index (Phi) is 11.4. The summed E-state index contributed by atoms with van der Waals surface area (Å²) in [5.41, 5.74) is 0.0454. The summed E-state index contributed by atoms with van der Waals surface area (Å²) >= 11 is 0. The number of benzene rings is 1. The van der Waals surface area contributed by atoms with Crippen molar-refractivity contribution in [2.45, 2.75) is 99.0 Å². The first-order valence-electron chi connectivity index (χ1n) is 13.8. The molecule has 0 bridgehead atoms. The highest BCUT2D eigenvalue weighted by Crippen LogP contribution is 2.31. The second-order valence-electron chi connectivity index (χ2n) is 12.2. The largest absolute Gasteiger partial charge is 0.346 e. The number of hydrogen-bond donors (Lipinski definition) is 1. The Bertz CT molecular complexity index is 954. The van der Waals surface area contributed by atoms with Gasteiger partial charge in [0.25, 0.3) is 0 Å². The predicted molar refractivity (Wildman–Crippen MR) is 145 cm³/mol. The molecule has 0 aliphatic heterocycles. The van der Waals surface area contributed by atoms with Crippen molar-refractivity contribution < 1.29 is 24.0 Å². The topological polar surface area (TPSA) is 97.4 Å². The highest BCUT2D eigenvalue weighted by Gasteiger charge is 2.36. The van der Waals surface area contributed by atoms with Crippen molar-refractivity contribution >= 4 is 29.0 Å². The fourth-order valence-corrected chi connectivity index (χ4v) is 5.10. The number of carbonyl (C=O) groups is 5. The van der Waals surface area contributed by atoms with Gasteiger partial charge in [0.15, 0.2) is 17.3 Å². The molecule has 1 fully saturated rings. The number of amides is 1. The fraction of sp³-hybridized carbons (Fsp3) is 0.645. The molecule has 37 heavy (non-hydrogen) atoms. The molecule has 0 aromatic heterocycles. The van der Waals surface area contributed by atoms with Gasteiger partial charge >= 0.3 is 0 Å². The van der Waals surface area contributed by atoms with Crippen LogP contribution < -0.4 is 5.32 Å². The Morgan fingerprint density at radius 3 is 2.03 bits per heavy atom. The lowest BCUT2D eigenvalue weighted by molar-refractivity contribution is -0.142. The first-order chi connectivity index (χ1) is 17.3. The van der Waals surface area contributed by atoms with Gasteiger partial charge in [0.2, 0.25) is 11.7 Å². The van der Waals surface area contributed by atoms with E-state index in [1.807, 2.05) is 40.7 Å². The van der Waals surface area contributed by atoms with Gasteiger partial charge in [0.05, 0.1) is 12.0 Å². The molecule has 0 heterocycles. The van der Waals surface area contributed by atoms with E-state index in [1.165, 1.54) is 6.42 Å². The maximum absolute atomic E-state index is 13.2. The first-order valence-corrected chi connectivity index (χ1v) is 13.8. The van der Waals surface area contributed by atoms with Crippen LogP contribution in [0.1, 0.15) is 103 Å². The van der Waals surface area contributed by atoms with Gasteiger partial charge < -0.3 is 5.32 Å². The zero-order chi connectivity index (χ0) is 27.8. The predicted octanol–water partition coefficient (Wildman–Crippen LogP) is 5.77. The molecule has 1 aromatic carbocycles. The Morgan fingerprint density at radius 2 is 1.49 bits per heavy atom. The highest BCUT2D eigenvalue weighted by atomic mass is 16.2. The van der Waals surface area contributed by atoms with Crippen molar-refractivity contribution in [3.8, 4) is 0 Å². The van der Waals surface area contributed by atoms with Crippen LogP contribution in [0.5, 0.6) is 0 Å². The van der Waals surface area contributed by atoms with Crippen molar-refractivity contribution in [2.24, 2.45) is 29.1 Å². The van der Waals surface area contributed by atoms with Gasteiger partial charge in [-0.05, 0) is 24.2 Å². The molecule has 1 aromatic rings. The summed E-state index contributed by atoms with van der Waals surface area (Å²) in [5.74, 6) is -2.84. The van der Waals surface area contributed by atoms with Crippen LogP contribution in [-0.2, 0) is 19.2 Å². The number of Topliss-reactive ketones (excluding diaryl/α,β-unsaturated/α-hetero) is 4.